The van der Waals surface area contributed by atoms with Crippen LogP contribution in [-0.2, 0) is 20.2 Å². The van der Waals surface area contributed by atoms with Crippen molar-refractivity contribution in [3.63, 3.8) is 0 Å². The van der Waals surface area contributed by atoms with E-state index in [0.29, 0.717) is 37.6 Å². The van der Waals surface area contributed by atoms with Crippen LogP contribution in [0.2, 0.25) is 0 Å². The molecule has 30 heavy (non-hydrogen) atoms. The zero-order chi connectivity index (χ0) is 21.6. The minimum absolute atomic E-state index is 0.0361. The molecule has 0 bridgehead atoms. The summed E-state index contributed by atoms with van der Waals surface area (Å²) < 4.78 is 31.4. The van der Waals surface area contributed by atoms with E-state index in [-0.39, 0.29) is 17.1 Å². The molecule has 3 rings (SSSR count). The summed E-state index contributed by atoms with van der Waals surface area (Å²) in [7, 11) is -3.34. The van der Waals surface area contributed by atoms with Crippen LogP contribution in [-0.4, -0.2) is 46.4 Å². The molecular formula is C23H30N2O4S. The Labute approximate surface area is 179 Å². The number of ether oxygens (including phenoxy) is 1. The van der Waals surface area contributed by atoms with Crippen molar-refractivity contribution in [1.29, 1.82) is 0 Å². The highest BCUT2D eigenvalue weighted by molar-refractivity contribution is 7.92. The van der Waals surface area contributed by atoms with Crippen molar-refractivity contribution < 1.29 is 17.9 Å². The van der Waals surface area contributed by atoms with E-state index >= 15 is 0 Å². The molecule has 0 spiro atoms. The number of hydrogen-bond donors (Lipinski definition) is 1. The van der Waals surface area contributed by atoms with Crippen molar-refractivity contribution in [2.75, 3.05) is 36.4 Å². The van der Waals surface area contributed by atoms with E-state index in [9.17, 15) is 13.2 Å². The highest BCUT2D eigenvalue weighted by Crippen LogP contribution is 2.34. The third kappa shape index (κ3) is 4.84. The lowest BCUT2D eigenvalue weighted by Gasteiger charge is -2.38. The van der Waals surface area contributed by atoms with Gasteiger partial charge in [0.25, 0.3) is 5.91 Å². The first-order chi connectivity index (χ1) is 14.4. The highest BCUT2D eigenvalue weighted by atomic mass is 32.2. The summed E-state index contributed by atoms with van der Waals surface area (Å²) in [5.74, 6) is -0.126. The predicted octanol–water partition coefficient (Wildman–Crippen LogP) is 3.34. The van der Waals surface area contributed by atoms with Gasteiger partial charge in [0.15, 0.2) is 0 Å². The Morgan fingerprint density at radius 3 is 2.23 bits per heavy atom. The van der Waals surface area contributed by atoms with Crippen LogP contribution >= 0.6 is 0 Å². The van der Waals surface area contributed by atoms with Crippen LogP contribution in [0.25, 0.3) is 0 Å². The molecular weight excluding hydrogens is 400 g/mol. The first-order valence-electron chi connectivity index (χ1n) is 10.4. The average Bonchev–Trinajstić information content (AvgIpc) is 2.79. The number of carbonyl (C=O) groups excluding carboxylic acids is 1. The van der Waals surface area contributed by atoms with Gasteiger partial charge in [-0.05, 0) is 56.5 Å². The van der Waals surface area contributed by atoms with E-state index in [2.05, 4.69) is 17.4 Å². The molecule has 0 saturated carbocycles. The smallest absolute Gasteiger partial charge is 0.251 e. The van der Waals surface area contributed by atoms with Gasteiger partial charge >= 0.3 is 0 Å². The van der Waals surface area contributed by atoms with Crippen LogP contribution in [0.1, 0.15) is 42.6 Å². The Bertz CT molecular complexity index is 937. The Morgan fingerprint density at radius 1 is 1.03 bits per heavy atom. The van der Waals surface area contributed by atoms with Crippen molar-refractivity contribution >= 4 is 21.6 Å². The van der Waals surface area contributed by atoms with Gasteiger partial charge in [0.05, 0.1) is 11.4 Å². The van der Waals surface area contributed by atoms with E-state index in [0.717, 1.165) is 12.8 Å². The number of sulfonamides is 1. The number of amides is 1. The fraction of sp³-hybridized carbons (Fsp3) is 0.435. The lowest BCUT2D eigenvalue weighted by Crippen LogP contribution is -2.44. The largest absolute Gasteiger partial charge is 0.381 e. The molecule has 6 nitrogen and oxygen atoms in total. The van der Waals surface area contributed by atoms with Crippen LogP contribution in [0.5, 0.6) is 0 Å². The van der Waals surface area contributed by atoms with Crippen LogP contribution in [0.3, 0.4) is 0 Å². The SMILES string of the molecule is CCN(c1ccc(C(=O)NCC2(c3ccccc3)CCOCC2)cc1)S(=O)(=O)CC. The molecule has 1 fully saturated rings. The average molecular weight is 431 g/mol. The predicted molar refractivity (Wildman–Crippen MR) is 119 cm³/mol. The van der Waals surface area contributed by atoms with Crippen molar-refractivity contribution in [3.05, 3.63) is 65.7 Å². The fourth-order valence-electron chi connectivity index (χ4n) is 3.95. The molecule has 1 aliphatic heterocycles. The molecule has 2 aromatic carbocycles. The lowest BCUT2D eigenvalue weighted by atomic mass is 9.74. The maximum atomic E-state index is 12.8. The van der Waals surface area contributed by atoms with Crippen molar-refractivity contribution in [2.24, 2.45) is 0 Å². The molecule has 1 saturated heterocycles. The Morgan fingerprint density at radius 2 is 1.67 bits per heavy atom. The van der Waals surface area contributed by atoms with E-state index in [1.165, 1.54) is 9.87 Å². The van der Waals surface area contributed by atoms with Gasteiger partial charge in [-0.2, -0.15) is 0 Å². The molecule has 0 aromatic heterocycles. The summed E-state index contributed by atoms with van der Waals surface area (Å²) >= 11 is 0. The molecule has 0 unspecified atom stereocenters. The second-order valence-electron chi connectivity index (χ2n) is 7.55. The number of benzene rings is 2. The van der Waals surface area contributed by atoms with Crippen molar-refractivity contribution in [3.8, 4) is 0 Å². The molecule has 2 aromatic rings. The van der Waals surface area contributed by atoms with Crippen LogP contribution in [0.15, 0.2) is 54.6 Å². The number of nitrogens with one attached hydrogen (secondary N) is 1. The molecule has 0 radical (unpaired) electrons. The van der Waals surface area contributed by atoms with Crippen LogP contribution in [0, 0.1) is 0 Å². The van der Waals surface area contributed by atoms with Gasteiger partial charge in [-0.3, -0.25) is 9.10 Å². The molecule has 0 atom stereocenters. The van der Waals surface area contributed by atoms with Crippen LogP contribution < -0.4 is 9.62 Å². The molecule has 1 aliphatic rings. The second kappa shape index (κ2) is 9.62. The topological polar surface area (TPSA) is 75.7 Å². The summed E-state index contributed by atoms with van der Waals surface area (Å²) in [5, 5.41) is 3.09. The minimum atomic E-state index is -3.34. The maximum Gasteiger partial charge on any atom is 0.251 e. The highest BCUT2D eigenvalue weighted by Gasteiger charge is 2.34. The fourth-order valence-corrected chi connectivity index (χ4v) is 5.10. The molecule has 1 N–H and O–H groups in total. The number of rotatable bonds is 8. The van der Waals surface area contributed by atoms with Crippen molar-refractivity contribution in [2.45, 2.75) is 32.1 Å². The monoisotopic (exact) mass is 430 g/mol. The number of nitrogens with zero attached hydrogens (tertiary/aromatic N) is 1. The minimum Gasteiger partial charge on any atom is -0.381 e. The quantitative estimate of drug-likeness (QED) is 0.697. The van der Waals surface area contributed by atoms with Gasteiger partial charge in [0, 0.05) is 37.3 Å². The van der Waals surface area contributed by atoms with Gasteiger partial charge in [0.1, 0.15) is 0 Å². The van der Waals surface area contributed by atoms with Crippen molar-refractivity contribution in [1.82, 2.24) is 5.32 Å². The Balaban J connectivity index is 1.72. The van der Waals surface area contributed by atoms with Gasteiger partial charge in [-0.25, -0.2) is 8.42 Å². The van der Waals surface area contributed by atoms with E-state index in [1.807, 2.05) is 18.2 Å². The standard InChI is InChI=1S/C23H30N2O4S/c1-3-25(30(27,28)4-2)21-12-10-19(11-13-21)22(26)24-18-23(14-16-29-17-15-23)20-8-6-5-7-9-20/h5-13H,3-4,14-18H2,1-2H3,(H,24,26). The third-order valence-electron chi connectivity index (χ3n) is 5.83. The van der Waals surface area contributed by atoms with E-state index in [4.69, 9.17) is 4.74 Å². The number of hydrogen-bond acceptors (Lipinski definition) is 4. The summed E-state index contributed by atoms with van der Waals surface area (Å²) in [4.78, 5) is 12.8. The van der Waals surface area contributed by atoms with Gasteiger partial charge < -0.3 is 10.1 Å². The summed E-state index contributed by atoms with van der Waals surface area (Å²) in [6, 6.07) is 17.0. The maximum absolute atomic E-state index is 12.8. The van der Waals surface area contributed by atoms with Gasteiger partial charge in [-0.1, -0.05) is 30.3 Å². The van der Waals surface area contributed by atoms with E-state index < -0.39 is 10.0 Å². The lowest BCUT2D eigenvalue weighted by molar-refractivity contribution is 0.0487. The summed E-state index contributed by atoms with van der Waals surface area (Å²) in [6.07, 6.45) is 1.72. The number of anilines is 1. The summed E-state index contributed by atoms with van der Waals surface area (Å²) in [5.41, 5.74) is 2.16. The summed E-state index contributed by atoms with van der Waals surface area (Å²) in [6.45, 7) is 5.66. The van der Waals surface area contributed by atoms with Gasteiger partial charge in [0.2, 0.25) is 10.0 Å². The van der Waals surface area contributed by atoms with Gasteiger partial charge in [-0.15, -0.1) is 0 Å². The Hall–Kier alpha value is -2.38. The molecule has 0 aliphatic carbocycles. The van der Waals surface area contributed by atoms with Crippen LogP contribution in [0.4, 0.5) is 5.69 Å². The first-order valence-corrected chi connectivity index (χ1v) is 12.0. The third-order valence-corrected chi connectivity index (χ3v) is 7.70. The molecule has 7 heteroatoms. The molecule has 1 heterocycles. The molecule has 1 amide bonds. The zero-order valence-electron chi connectivity index (χ0n) is 17.6. The first kappa shape index (κ1) is 22.3. The zero-order valence-corrected chi connectivity index (χ0v) is 18.5. The normalized spacial score (nSPS) is 16.1. The second-order valence-corrected chi connectivity index (χ2v) is 9.74. The number of carbonyl (C=O) groups is 1. The Kier molecular flexibility index (Phi) is 7.15. The molecule has 162 valence electrons. The van der Waals surface area contributed by atoms with E-state index in [1.54, 1.807) is 38.1 Å².